The number of hydrogen-bond donors (Lipinski definition) is 1. The van der Waals surface area contributed by atoms with E-state index in [2.05, 4.69) is 9.46 Å². The zero-order valence-corrected chi connectivity index (χ0v) is 14.1. The SMILES string of the molecule is COC(=O)/C=C\CCCCC(=O)NS(=O)(=O)c1ccc(C)cc1. The van der Waals surface area contributed by atoms with Gasteiger partial charge in [0.1, 0.15) is 0 Å². The number of ether oxygens (including phenoxy) is 1. The summed E-state index contributed by atoms with van der Waals surface area (Å²) < 4.78 is 30.5. The number of allylic oxidation sites excluding steroid dienone is 1. The van der Waals surface area contributed by atoms with E-state index in [0.29, 0.717) is 19.3 Å². The van der Waals surface area contributed by atoms with Gasteiger partial charge in [0.15, 0.2) is 0 Å². The molecule has 0 radical (unpaired) electrons. The number of carbonyl (C=O) groups is 2. The second kappa shape index (κ2) is 9.09. The number of methoxy groups -OCH3 is 1. The summed E-state index contributed by atoms with van der Waals surface area (Å²) in [5, 5.41) is 0. The van der Waals surface area contributed by atoms with Crippen molar-refractivity contribution in [2.75, 3.05) is 7.11 Å². The third-order valence-corrected chi connectivity index (χ3v) is 4.45. The fraction of sp³-hybridized carbons (Fsp3) is 0.375. The Kier molecular flexibility index (Phi) is 7.47. The van der Waals surface area contributed by atoms with Crippen molar-refractivity contribution in [3.05, 3.63) is 42.0 Å². The first kappa shape index (κ1) is 18.9. The summed E-state index contributed by atoms with van der Waals surface area (Å²) in [6.45, 7) is 1.85. The number of hydrogen-bond acceptors (Lipinski definition) is 5. The minimum atomic E-state index is -3.81. The van der Waals surface area contributed by atoms with E-state index in [1.165, 1.54) is 25.3 Å². The molecule has 7 heteroatoms. The van der Waals surface area contributed by atoms with Crippen LogP contribution in [0.5, 0.6) is 0 Å². The van der Waals surface area contributed by atoms with Crippen LogP contribution >= 0.6 is 0 Å². The highest BCUT2D eigenvalue weighted by atomic mass is 32.2. The number of rotatable bonds is 8. The molecule has 0 saturated heterocycles. The largest absolute Gasteiger partial charge is 0.466 e. The summed E-state index contributed by atoms with van der Waals surface area (Å²) in [7, 11) is -2.52. The van der Waals surface area contributed by atoms with Crippen molar-refractivity contribution in [2.24, 2.45) is 0 Å². The maximum absolute atomic E-state index is 12.0. The summed E-state index contributed by atoms with van der Waals surface area (Å²) >= 11 is 0. The van der Waals surface area contributed by atoms with Crippen molar-refractivity contribution in [3.63, 3.8) is 0 Å². The lowest BCUT2D eigenvalue weighted by Crippen LogP contribution is -2.30. The highest BCUT2D eigenvalue weighted by Gasteiger charge is 2.16. The molecule has 1 aromatic carbocycles. The van der Waals surface area contributed by atoms with Gasteiger partial charge in [0.25, 0.3) is 10.0 Å². The molecular formula is C16H21NO5S. The highest BCUT2D eigenvalue weighted by molar-refractivity contribution is 7.90. The van der Waals surface area contributed by atoms with Crippen LogP contribution in [0.15, 0.2) is 41.3 Å². The topological polar surface area (TPSA) is 89.5 Å². The number of unbranched alkanes of at least 4 members (excludes halogenated alkanes) is 2. The van der Waals surface area contributed by atoms with Gasteiger partial charge >= 0.3 is 5.97 Å². The molecule has 0 aromatic heterocycles. The lowest BCUT2D eigenvalue weighted by Gasteiger charge is -2.07. The van der Waals surface area contributed by atoms with Gasteiger partial charge in [-0.2, -0.15) is 0 Å². The summed E-state index contributed by atoms with van der Waals surface area (Å²) in [5.41, 5.74) is 0.940. The van der Waals surface area contributed by atoms with Crippen LogP contribution < -0.4 is 4.72 Å². The molecule has 0 aliphatic heterocycles. The van der Waals surface area contributed by atoms with E-state index in [0.717, 1.165) is 5.56 Å². The van der Waals surface area contributed by atoms with Crippen LogP contribution in [0.1, 0.15) is 31.2 Å². The molecule has 23 heavy (non-hydrogen) atoms. The van der Waals surface area contributed by atoms with Gasteiger partial charge in [-0.15, -0.1) is 0 Å². The minimum absolute atomic E-state index is 0.0671. The maximum atomic E-state index is 12.0. The molecular weight excluding hydrogens is 318 g/mol. The van der Waals surface area contributed by atoms with Gasteiger partial charge < -0.3 is 4.74 Å². The fourth-order valence-corrected chi connectivity index (χ4v) is 2.79. The van der Waals surface area contributed by atoms with Gasteiger partial charge in [-0.3, -0.25) is 4.79 Å². The van der Waals surface area contributed by atoms with E-state index in [4.69, 9.17) is 0 Å². The standard InChI is InChI=1S/C16H21NO5S/c1-13-9-11-14(12-10-13)23(20,21)17-15(18)7-5-3-4-6-8-16(19)22-2/h6,8-12H,3-5,7H2,1-2H3,(H,17,18)/b8-6-. The number of sulfonamides is 1. The van der Waals surface area contributed by atoms with Gasteiger partial charge in [0.05, 0.1) is 12.0 Å². The van der Waals surface area contributed by atoms with Gasteiger partial charge in [-0.05, 0) is 38.3 Å². The molecule has 1 rings (SSSR count). The number of benzene rings is 1. The molecule has 126 valence electrons. The molecule has 0 fully saturated rings. The Balaban J connectivity index is 2.37. The van der Waals surface area contributed by atoms with Crippen LogP contribution in [0.2, 0.25) is 0 Å². The van der Waals surface area contributed by atoms with Crippen molar-refractivity contribution in [1.82, 2.24) is 4.72 Å². The van der Waals surface area contributed by atoms with Crippen molar-refractivity contribution >= 4 is 21.9 Å². The Morgan fingerprint density at radius 1 is 1.17 bits per heavy atom. The zero-order chi connectivity index (χ0) is 17.3. The third kappa shape index (κ3) is 7.10. The van der Waals surface area contributed by atoms with Crippen LogP contribution in [0.25, 0.3) is 0 Å². The number of carbonyl (C=O) groups excluding carboxylic acids is 2. The van der Waals surface area contributed by atoms with Gasteiger partial charge in [0.2, 0.25) is 5.91 Å². The molecule has 0 saturated carbocycles. The molecule has 0 heterocycles. The third-order valence-electron chi connectivity index (χ3n) is 3.06. The summed E-state index contributed by atoms with van der Waals surface area (Å²) in [4.78, 5) is 22.6. The average molecular weight is 339 g/mol. The molecule has 1 amide bonds. The number of nitrogens with one attached hydrogen (secondary N) is 1. The Morgan fingerprint density at radius 3 is 2.43 bits per heavy atom. The first-order valence-corrected chi connectivity index (χ1v) is 8.70. The predicted octanol–water partition coefficient (Wildman–Crippen LogP) is 2.09. The van der Waals surface area contributed by atoms with E-state index in [1.807, 2.05) is 6.92 Å². The monoisotopic (exact) mass is 339 g/mol. The molecule has 0 spiro atoms. The summed E-state index contributed by atoms with van der Waals surface area (Å²) in [6.07, 6.45) is 4.91. The Hall–Kier alpha value is -2.15. The average Bonchev–Trinajstić information content (AvgIpc) is 2.50. The molecule has 0 bridgehead atoms. The molecule has 1 aromatic rings. The van der Waals surface area contributed by atoms with E-state index in [9.17, 15) is 18.0 Å². The highest BCUT2D eigenvalue weighted by Crippen LogP contribution is 2.10. The second-order valence-electron chi connectivity index (χ2n) is 5.01. The van der Waals surface area contributed by atoms with E-state index < -0.39 is 21.9 Å². The van der Waals surface area contributed by atoms with Crippen molar-refractivity contribution in [3.8, 4) is 0 Å². The first-order valence-electron chi connectivity index (χ1n) is 7.22. The lowest BCUT2D eigenvalue weighted by atomic mass is 10.2. The predicted molar refractivity (Wildman–Crippen MR) is 86.1 cm³/mol. The summed E-state index contributed by atoms with van der Waals surface area (Å²) in [6, 6.07) is 6.27. The lowest BCUT2D eigenvalue weighted by molar-refractivity contribution is -0.134. The van der Waals surface area contributed by atoms with Crippen molar-refractivity contribution in [2.45, 2.75) is 37.5 Å². The summed E-state index contributed by atoms with van der Waals surface area (Å²) in [5.74, 6) is -0.963. The molecule has 0 unspecified atom stereocenters. The Bertz CT molecular complexity index is 662. The Morgan fingerprint density at radius 2 is 1.83 bits per heavy atom. The number of aryl methyl sites for hydroxylation is 1. The van der Waals surface area contributed by atoms with Gasteiger partial charge in [-0.25, -0.2) is 17.9 Å². The van der Waals surface area contributed by atoms with Crippen LogP contribution in [0, 0.1) is 6.92 Å². The smallest absolute Gasteiger partial charge is 0.330 e. The molecule has 0 aliphatic carbocycles. The molecule has 0 atom stereocenters. The van der Waals surface area contributed by atoms with Crippen LogP contribution in [0.3, 0.4) is 0 Å². The van der Waals surface area contributed by atoms with Crippen LogP contribution in [0.4, 0.5) is 0 Å². The van der Waals surface area contributed by atoms with E-state index in [1.54, 1.807) is 18.2 Å². The zero-order valence-electron chi connectivity index (χ0n) is 13.2. The normalized spacial score (nSPS) is 11.4. The van der Waals surface area contributed by atoms with Gasteiger partial charge in [-0.1, -0.05) is 23.8 Å². The van der Waals surface area contributed by atoms with E-state index in [-0.39, 0.29) is 11.3 Å². The number of amides is 1. The molecule has 0 aliphatic rings. The fourth-order valence-electron chi connectivity index (χ4n) is 1.77. The van der Waals surface area contributed by atoms with Crippen molar-refractivity contribution < 1.29 is 22.7 Å². The molecule has 6 nitrogen and oxygen atoms in total. The maximum Gasteiger partial charge on any atom is 0.330 e. The second-order valence-corrected chi connectivity index (χ2v) is 6.70. The van der Waals surface area contributed by atoms with Crippen molar-refractivity contribution in [1.29, 1.82) is 0 Å². The Labute approximate surface area is 136 Å². The van der Waals surface area contributed by atoms with Gasteiger partial charge in [0, 0.05) is 12.5 Å². The number of esters is 1. The first-order chi connectivity index (χ1) is 10.8. The molecule has 1 N–H and O–H groups in total. The van der Waals surface area contributed by atoms with Crippen LogP contribution in [-0.2, 0) is 24.3 Å². The minimum Gasteiger partial charge on any atom is -0.466 e. The van der Waals surface area contributed by atoms with E-state index >= 15 is 0 Å². The van der Waals surface area contributed by atoms with Crippen LogP contribution in [-0.4, -0.2) is 27.4 Å². The quantitative estimate of drug-likeness (QED) is 0.445.